The van der Waals surface area contributed by atoms with Gasteiger partial charge in [-0.1, -0.05) is 12.5 Å². The highest BCUT2D eigenvalue weighted by molar-refractivity contribution is 7.92. The number of nitrogens with zero attached hydrogens (tertiary/aromatic N) is 1. The summed E-state index contributed by atoms with van der Waals surface area (Å²) < 4.78 is 92.7. The highest BCUT2D eigenvalue weighted by Gasteiger charge is 2.31. The molecule has 0 spiro atoms. The van der Waals surface area contributed by atoms with Crippen LogP contribution in [0, 0.1) is 6.92 Å². The Kier molecular flexibility index (Phi) is 6.17. The number of halogens is 3. The van der Waals surface area contributed by atoms with E-state index < -0.39 is 31.8 Å². The van der Waals surface area contributed by atoms with Gasteiger partial charge in [-0.05, 0) is 61.7 Å². The largest absolute Gasteiger partial charge is 0.416 e. The van der Waals surface area contributed by atoms with E-state index in [1.807, 2.05) is 0 Å². The fourth-order valence-corrected chi connectivity index (χ4v) is 5.82. The van der Waals surface area contributed by atoms with Gasteiger partial charge in [0.05, 0.1) is 21.0 Å². The number of benzene rings is 2. The molecule has 3 rings (SSSR count). The van der Waals surface area contributed by atoms with Gasteiger partial charge < -0.3 is 0 Å². The normalized spacial score (nSPS) is 16.4. The van der Waals surface area contributed by atoms with E-state index in [2.05, 4.69) is 4.72 Å². The van der Waals surface area contributed by atoms with Gasteiger partial charge in [-0.3, -0.25) is 4.72 Å². The standard InChI is InChI=1S/C19H21F3N2O4S2/c1-14-5-8-17(30(27,28)24-11-3-2-4-12-24)13-18(14)23-29(25,26)16-9-6-15(7-10-16)19(20,21)22/h5-10,13,23H,2-4,11-12H2,1H3. The summed E-state index contributed by atoms with van der Waals surface area (Å²) in [5.41, 5.74) is -0.441. The Hall–Kier alpha value is -2.11. The van der Waals surface area contributed by atoms with E-state index in [0.717, 1.165) is 31.4 Å². The molecule has 30 heavy (non-hydrogen) atoms. The highest BCUT2D eigenvalue weighted by Crippen LogP contribution is 2.31. The second-order valence-corrected chi connectivity index (χ2v) is 10.7. The third-order valence-electron chi connectivity index (χ3n) is 4.90. The Balaban J connectivity index is 1.90. The Morgan fingerprint density at radius 3 is 2.00 bits per heavy atom. The van der Waals surface area contributed by atoms with Crippen molar-refractivity contribution in [2.24, 2.45) is 0 Å². The maximum Gasteiger partial charge on any atom is 0.416 e. The van der Waals surface area contributed by atoms with Crippen molar-refractivity contribution in [1.82, 2.24) is 4.31 Å². The summed E-state index contributed by atoms with van der Waals surface area (Å²) in [5, 5.41) is 0. The Labute approximate surface area is 173 Å². The van der Waals surface area contributed by atoms with Crippen LogP contribution in [-0.2, 0) is 26.2 Å². The molecule has 1 fully saturated rings. The van der Waals surface area contributed by atoms with Crippen molar-refractivity contribution in [2.75, 3.05) is 17.8 Å². The van der Waals surface area contributed by atoms with E-state index >= 15 is 0 Å². The van der Waals surface area contributed by atoms with Gasteiger partial charge in [-0.25, -0.2) is 16.8 Å². The van der Waals surface area contributed by atoms with Crippen LogP contribution in [0.15, 0.2) is 52.3 Å². The van der Waals surface area contributed by atoms with Crippen LogP contribution in [0.3, 0.4) is 0 Å². The van der Waals surface area contributed by atoms with Crippen molar-refractivity contribution >= 4 is 25.7 Å². The lowest BCUT2D eigenvalue weighted by atomic mass is 10.2. The van der Waals surface area contributed by atoms with Crippen LogP contribution in [0.4, 0.5) is 18.9 Å². The number of sulfonamides is 2. The molecule has 0 saturated carbocycles. The molecule has 164 valence electrons. The van der Waals surface area contributed by atoms with Crippen LogP contribution < -0.4 is 4.72 Å². The maximum absolute atomic E-state index is 12.9. The smallest absolute Gasteiger partial charge is 0.279 e. The molecule has 1 heterocycles. The SMILES string of the molecule is Cc1ccc(S(=O)(=O)N2CCCCC2)cc1NS(=O)(=O)c1ccc(C(F)(F)F)cc1. The number of rotatable bonds is 5. The minimum atomic E-state index is -4.58. The zero-order valence-corrected chi connectivity index (χ0v) is 17.7. The molecule has 1 aliphatic heterocycles. The lowest BCUT2D eigenvalue weighted by Crippen LogP contribution is -2.35. The average Bonchev–Trinajstić information content (AvgIpc) is 2.69. The van der Waals surface area contributed by atoms with Crippen LogP contribution in [0.2, 0.25) is 0 Å². The summed E-state index contributed by atoms with van der Waals surface area (Å²) in [6.07, 6.45) is -2.10. The topological polar surface area (TPSA) is 83.6 Å². The van der Waals surface area contributed by atoms with Gasteiger partial charge in [0.2, 0.25) is 10.0 Å². The first kappa shape index (κ1) is 22.6. The van der Waals surface area contributed by atoms with Crippen LogP contribution in [0.1, 0.15) is 30.4 Å². The average molecular weight is 463 g/mol. The summed E-state index contributed by atoms with van der Waals surface area (Å²) in [6, 6.07) is 7.21. The van der Waals surface area contributed by atoms with Crippen molar-refractivity contribution in [2.45, 2.75) is 42.2 Å². The lowest BCUT2D eigenvalue weighted by Gasteiger charge is -2.26. The Morgan fingerprint density at radius 2 is 1.43 bits per heavy atom. The summed E-state index contributed by atoms with van der Waals surface area (Å²) in [7, 11) is -7.98. The van der Waals surface area contributed by atoms with Gasteiger partial charge in [0.15, 0.2) is 0 Å². The van der Waals surface area contributed by atoms with Crippen molar-refractivity contribution in [3.8, 4) is 0 Å². The molecule has 1 saturated heterocycles. The monoisotopic (exact) mass is 462 g/mol. The predicted octanol–water partition coefficient (Wildman–Crippen LogP) is 3.99. The van der Waals surface area contributed by atoms with Gasteiger partial charge in [0.1, 0.15) is 0 Å². The van der Waals surface area contributed by atoms with Crippen LogP contribution in [-0.4, -0.2) is 34.2 Å². The maximum atomic E-state index is 12.9. The quantitative estimate of drug-likeness (QED) is 0.728. The number of nitrogens with one attached hydrogen (secondary N) is 1. The van der Waals surface area contributed by atoms with Crippen LogP contribution in [0.25, 0.3) is 0 Å². The van der Waals surface area contributed by atoms with Crippen molar-refractivity contribution < 1.29 is 30.0 Å². The number of anilines is 1. The van der Waals surface area contributed by atoms with Crippen molar-refractivity contribution in [3.63, 3.8) is 0 Å². The van der Waals surface area contributed by atoms with E-state index in [4.69, 9.17) is 0 Å². The summed E-state index contributed by atoms with van der Waals surface area (Å²) in [6.45, 7) is 2.41. The summed E-state index contributed by atoms with van der Waals surface area (Å²) in [5.74, 6) is 0. The van der Waals surface area contributed by atoms with E-state index in [1.54, 1.807) is 6.92 Å². The van der Waals surface area contributed by atoms with Crippen molar-refractivity contribution in [3.05, 3.63) is 53.6 Å². The third kappa shape index (κ3) is 4.79. The molecule has 0 aromatic heterocycles. The molecule has 2 aromatic carbocycles. The van der Waals surface area contributed by atoms with E-state index in [0.29, 0.717) is 30.8 Å². The predicted molar refractivity (Wildman–Crippen MR) is 106 cm³/mol. The van der Waals surface area contributed by atoms with Crippen LogP contribution >= 0.6 is 0 Å². The fourth-order valence-electron chi connectivity index (χ4n) is 3.15. The van der Waals surface area contributed by atoms with Gasteiger partial charge >= 0.3 is 6.18 Å². The first-order valence-electron chi connectivity index (χ1n) is 9.22. The molecule has 6 nitrogen and oxygen atoms in total. The molecule has 0 atom stereocenters. The summed E-state index contributed by atoms with van der Waals surface area (Å²) >= 11 is 0. The van der Waals surface area contributed by atoms with E-state index in [9.17, 15) is 30.0 Å². The minimum absolute atomic E-state index is 0.0416. The number of hydrogen-bond donors (Lipinski definition) is 1. The molecule has 0 bridgehead atoms. The molecule has 1 aliphatic rings. The van der Waals surface area contributed by atoms with Gasteiger partial charge in [0, 0.05) is 13.1 Å². The fraction of sp³-hybridized carbons (Fsp3) is 0.368. The number of aryl methyl sites for hydroxylation is 1. The first-order chi connectivity index (χ1) is 13.9. The third-order valence-corrected chi connectivity index (χ3v) is 8.17. The van der Waals surface area contributed by atoms with Crippen molar-refractivity contribution in [1.29, 1.82) is 0 Å². The molecular weight excluding hydrogens is 441 g/mol. The molecule has 2 aromatic rings. The van der Waals surface area contributed by atoms with Crippen LogP contribution in [0.5, 0.6) is 0 Å². The zero-order valence-electron chi connectivity index (χ0n) is 16.1. The highest BCUT2D eigenvalue weighted by atomic mass is 32.2. The summed E-state index contributed by atoms with van der Waals surface area (Å²) in [4.78, 5) is -0.403. The van der Waals surface area contributed by atoms with Gasteiger partial charge in [0.25, 0.3) is 10.0 Å². The first-order valence-corrected chi connectivity index (χ1v) is 12.1. The Morgan fingerprint density at radius 1 is 0.867 bits per heavy atom. The molecule has 0 aliphatic carbocycles. The molecular formula is C19H21F3N2O4S2. The lowest BCUT2D eigenvalue weighted by molar-refractivity contribution is -0.137. The molecule has 0 radical (unpaired) electrons. The second kappa shape index (κ2) is 8.20. The second-order valence-electron chi connectivity index (χ2n) is 7.07. The number of piperidine rings is 1. The number of hydrogen-bond acceptors (Lipinski definition) is 4. The molecule has 11 heteroatoms. The van der Waals surface area contributed by atoms with Gasteiger partial charge in [-0.15, -0.1) is 0 Å². The van der Waals surface area contributed by atoms with E-state index in [1.165, 1.54) is 22.5 Å². The zero-order chi connectivity index (χ0) is 22.2. The number of alkyl halides is 3. The molecule has 0 amide bonds. The molecule has 1 N–H and O–H groups in total. The van der Waals surface area contributed by atoms with E-state index in [-0.39, 0.29) is 15.5 Å². The Bertz CT molecular complexity index is 1120. The minimum Gasteiger partial charge on any atom is -0.279 e. The molecule has 0 unspecified atom stereocenters. The van der Waals surface area contributed by atoms with Gasteiger partial charge in [-0.2, -0.15) is 17.5 Å².